The molecule has 2 heterocycles. The quantitative estimate of drug-likeness (QED) is 0.940. The predicted molar refractivity (Wildman–Crippen MR) is 86.8 cm³/mol. The molecule has 1 aromatic carbocycles. The van der Waals surface area contributed by atoms with Crippen LogP contribution in [0.5, 0.6) is 0 Å². The van der Waals surface area contributed by atoms with Gasteiger partial charge < -0.3 is 14.8 Å². The zero-order valence-electron chi connectivity index (χ0n) is 12.7. The third-order valence-corrected chi connectivity index (χ3v) is 4.10. The van der Waals surface area contributed by atoms with Gasteiger partial charge >= 0.3 is 0 Å². The number of rotatable bonds is 4. The van der Waals surface area contributed by atoms with Gasteiger partial charge in [-0.15, -0.1) is 0 Å². The normalized spacial score (nSPS) is 15.6. The number of amides is 1. The van der Waals surface area contributed by atoms with E-state index in [1.165, 1.54) is 5.69 Å². The highest BCUT2D eigenvalue weighted by atomic mass is 16.2. The van der Waals surface area contributed by atoms with Crippen molar-refractivity contribution < 1.29 is 4.79 Å². The number of benzene rings is 1. The van der Waals surface area contributed by atoms with Crippen LogP contribution in [0.3, 0.4) is 0 Å². The monoisotopic (exact) mass is 298 g/mol. The fourth-order valence-electron chi connectivity index (χ4n) is 2.88. The Balaban J connectivity index is 1.52. The summed E-state index contributed by atoms with van der Waals surface area (Å²) < 4.78 is 0. The van der Waals surface area contributed by atoms with Gasteiger partial charge in [0.15, 0.2) is 0 Å². The van der Waals surface area contributed by atoms with E-state index in [1.807, 2.05) is 11.0 Å². The summed E-state index contributed by atoms with van der Waals surface area (Å²) >= 11 is 0. The van der Waals surface area contributed by atoms with Gasteiger partial charge in [0.2, 0.25) is 5.91 Å². The van der Waals surface area contributed by atoms with Gasteiger partial charge in [-0.3, -0.25) is 4.79 Å². The number of aryl methyl sites for hydroxylation is 1. The summed E-state index contributed by atoms with van der Waals surface area (Å²) in [6.07, 6.45) is 5.75. The minimum atomic E-state index is 0.228. The summed E-state index contributed by atoms with van der Waals surface area (Å²) in [5, 5.41) is 0. The predicted octanol–water partition coefficient (Wildman–Crippen LogP) is 2.08. The first-order valence-electron chi connectivity index (χ1n) is 7.89. The molecule has 1 aliphatic heterocycles. The molecule has 1 amide bonds. The number of hydrogen-bond acceptors (Lipinski definition) is 3. The maximum atomic E-state index is 12.4. The van der Waals surface area contributed by atoms with E-state index in [0.29, 0.717) is 12.8 Å². The third kappa shape index (κ3) is 3.67. The minimum absolute atomic E-state index is 0.228. The molecule has 0 radical (unpaired) electrons. The van der Waals surface area contributed by atoms with Gasteiger partial charge in [0.1, 0.15) is 5.82 Å². The second-order valence-corrected chi connectivity index (χ2v) is 5.59. The van der Waals surface area contributed by atoms with Gasteiger partial charge in [-0.2, -0.15) is 0 Å². The maximum Gasteiger partial charge on any atom is 0.223 e. The second-order valence-electron chi connectivity index (χ2n) is 5.59. The number of carbonyl (C=O) groups excluding carboxylic acids is 1. The van der Waals surface area contributed by atoms with Crippen LogP contribution in [-0.4, -0.2) is 47.0 Å². The molecule has 0 atom stereocenters. The first kappa shape index (κ1) is 14.6. The van der Waals surface area contributed by atoms with Gasteiger partial charge in [0, 0.05) is 57.1 Å². The summed E-state index contributed by atoms with van der Waals surface area (Å²) in [6, 6.07) is 10.4. The Hall–Kier alpha value is -2.30. The highest BCUT2D eigenvalue weighted by molar-refractivity contribution is 5.76. The van der Waals surface area contributed by atoms with Crippen molar-refractivity contribution in [1.29, 1.82) is 0 Å². The fourth-order valence-corrected chi connectivity index (χ4v) is 2.88. The topological polar surface area (TPSA) is 52.2 Å². The van der Waals surface area contributed by atoms with Crippen LogP contribution in [0, 0.1) is 0 Å². The van der Waals surface area contributed by atoms with E-state index >= 15 is 0 Å². The van der Waals surface area contributed by atoms with Crippen molar-refractivity contribution in [1.82, 2.24) is 14.9 Å². The van der Waals surface area contributed by atoms with Gasteiger partial charge in [0.05, 0.1) is 0 Å². The SMILES string of the molecule is O=C(CCc1ncc[nH]1)N1CCCN(c2ccccc2)CC1. The zero-order valence-corrected chi connectivity index (χ0v) is 12.7. The number of imidazole rings is 1. The molecule has 5 heteroatoms. The summed E-state index contributed by atoms with van der Waals surface area (Å²) in [5.74, 6) is 1.11. The molecule has 116 valence electrons. The standard InChI is InChI=1S/C17H22N4O/c22-17(8-7-16-18-9-10-19-16)21-12-4-11-20(13-14-21)15-5-2-1-3-6-15/h1-3,5-6,9-10H,4,7-8,11-14H2,(H,18,19). The van der Waals surface area contributed by atoms with Gasteiger partial charge in [-0.1, -0.05) is 18.2 Å². The number of aromatic nitrogens is 2. The number of aromatic amines is 1. The van der Waals surface area contributed by atoms with Crippen LogP contribution in [0.25, 0.3) is 0 Å². The van der Waals surface area contributed by atoms with Crippen molar-refractivity contribution in [2.75, 3.05) is 31.1 Å². The number of H-pyrrole nitrogens is 1. The highest BCUT2D eigenvalue weighted by Crippen LogP contribution is 2.16. The second kappa shape index (κ2) is 7.11. The van der Waals surface area contributed by atoms with Gasteiger partial charge in [-0.05, 0) is 18.6 Å². The van der Waals surface area contributed by atoms with E-state index in [2.05, 4.69) is 39.1 Å². The van der Waals surface area contributed by atoms with Crippen molar-refractivity contribution >= 4 is 11.6 Å². The van der Waals surface area contributed by atoms with Gasteiger partial charge in [-0.25, -0.2) is 4.98 Å². The van der Waals surface area contributed by atoms with Crippen molar-refractivity contribution in [3.05, 3.63) is 48.5 Å². The van der Waals surface area contributed by atoms with Crippen LogP contribution in [-0.2, 0) is 11.2 Å². The molecule has 5 nitrogen and oxygen atoms in total. The van der Waals surface area contributed by atoms with E-state index in [0.717, 1.165) is 38.4 Å². The molecule has 1 fully saturated rings. The lowest BCUT2D eigenvalue weighted by Gasteiger charge is -2.23. The average Bonchev–Trinajstić information content (AvgIpc) is 2.96. The smallest absolute Gasteiger partial charge is 0.223 e. The lowest BCUT2D eigenvalue weighted by Crippen LogP contribution is -2.35. The molecule has 1 aliphatic rings. The van der Waals surface area contributed by atoms with E-state index in [-0.39, 0.29) is 5.91 Å². The lowest BCUT2D eigenvalue weighted by atomic mass is 10.2. The molecule has 0 aliphatic carbocycles. The number of carbonyl (C=O) groups is 1. The Labute approximate surface area is 131 Å². The van der Waals surface area contributed by atoms with Crippen LogP contribution >= 0.6 is 0 Å². The van der Waals surface area contributed by atoms with Crippen molar-refractivity contribution in [2.24, 2.45) is 0 Å². The first-order chi connectivity index (χ1) is 10.8. The molecule has 0 bridgehead atoms. The Kier molecular flexibility index (Phi) is 4.73. The number of para-hydroxylation sites is 1. The van der Waals surface area contributed by atoms with Crippen LogP contribution in [0.15, 0.2) is 42.7 Å². The van der Waals surface area contributed by atoms with Crippen molar-refractivity contribution in [3.63, 3.8) is 0 Å². The number of hydrogen-bond donors (Lipinski definition) is 1. The number of anilines is 1. The molecule has 22 heavy (non-hydrogen) atoms. The number of nitrogens with zero attached hydrogens (tertiary/aromatic N) is 3. The zero-order chi connectivity index (χ0) is 15.2. The van der Waals surface area contributed by atoms with Crippen molar-refractivity contribution in [3.8, 4) is 0 Å². The lowest BCUT2D eigenvalue weighted by molar-refractivity contribution is -0.130. The van der Waals surface area contributed by atoms with Crippen LogP contribution in [0.1, 0.15) is 18.7 Å². The molecule has 2 aromatic rings. The molecular formula is C17H22N4O. The Bertz CT molecular complexity index is 582. The largest absolute Gasteiger partial charge is 0.370 e. The third-order valence-electron chi connectivity index (χ3n) is 4.10. The molecule has 1 saturated heterocycles. The van der Waals surface area contributed by atoms with E-state index in [9.17, 15) is 4.79 Å². The summed E-state index contributed by atoms with van der Waals surface area (Å²) in [6.45, 7) is 3.55. The number of nitrogens with one attached hydrogen (secondary N) is 1. The molecule has 0 spiro atoms. The Morgan fingerprint density at radius 3 is 2.77 bits per heavy atom. The van der Waals surface area contributed by atoms with E-state index in [4.69, 9.17) is 0 Å². The van der Waals surface area contributed by atoms with Crippen molar-refractivity contribution in [2.45, 2.75) is 19.3 Å². The molecule has 0 saturated carbocycles. The first-order valence-corrected chi connectivity index (χ1v) is 7.89. The molecule has 1 aromatic heterocycles. The molecule has 1 N–H and O–H groups in total. The Morgan fingerprint density at radius 1 is 1.14 bits per heavy atom. The molecular weight excluding hydrogens is 276 g/mol. The van der Waals surface area contributed by atoms with Crippen LogP contribution < -0.4 is 4.90 Å². The molecule has 0 unspecified atom stereocenters. The van der Waals surface area contributed by atoms with Crippen LogP contribution in [0.2, 0.25) is 0 Å². The van der Waals surface area contributed by atoms with E-state index in [1.54, 1.807) is 12.4 Å². The Morgan fingerprint density at radius 2 is 2.00 bits per heavy atom. The average molecular weight is 298 g/mol. The minimum Gasteiger partial charge on any atom is -0.370 e. The summed E-state index contributed by atoms with van der Waals surface area (Å²) in [5.41, 5.74) is 1.24. The fraction of sp³-hybridized carbons (Fsp3) is 0.412. The summed E-state index contributed by atoms with van der Waals surface area (Å²) in [4.78, 5) is 23.9. The van der Waals surface area contributed by atoms with Crippen LogP contribution in [0.4, 0.5) is 5.69 Å². The van der Waals surface area contributed by atoms with Gasteiger partial charge in [0.25, 0.3) is 0 Å². The maximum absolute atomic E-state index is 12.4. The molecule has 3 rings (SSSR count). The van der Waals surface area contributed by atoms with E-state index < -0.39 is 0 Å². The highest BCUT2D eigenvalue weighted by Gasteiger charge is 2.19. The summed E-state index contributed by atoms with van der Waals surface area (Å²) in [7, 11) is 0.